The van der Waals surface area contributed by atoms with E-state index in [0.29, 0.717) is 5.82 Å². The van der Waals surface area contributed by atoms with Crippen LogP contribution in [0, 0.1) is 0 Å². The van der Waals surface area contributed by atoms with Gasteiger partial charge in [-0.05, 0) is 17.7 Å². The number of benzene rings is 1. The van der Waals surface area contributed by atoms with E-state index in [0.717, 1.165) is 5.56 Å². The minimum atomic E-state index is -0.716. The fourth-order valence-corrected chi connectivity index (χ4v) is 1.84. The number of carbonyl (C=O) groups is 2. The molecular weight excluding hydrogens is 270 g/mol. The normalized spacial score (nSPS) is 11.5. The molecule has 108 valence electrons. The number of anilines is 1. The zero-order chi connectivity index (χ0) is 15.2. The van der Waals surface area contributed by atoms with Gasteiger partial charge in [0.25, 0.3) is 5.91 Å². The van der Waals surface area contributed by atoms with Gasteiger partial charge >= 0.3 is 5.97 Å². The molecule has 1 amide bonds. The summed E-state index contributed by atoms with van der Waals surface area (Å²) in [5.74, 6) is -0.717. The third-order valence-corrected chi connectivity index (χ3v) is 2.86. The number of hydrogen-bond acceptors (Lipinski definition) is 5. The summed E-state index contributed by atoms with van der Waals surface area (Å²) in [5, 5.41) is 2.95. The highest BCUT2D eigenvalue weighted by Gasteiger charge is 2.21. The largest absolute Gasteiger partial charge is 0.467 e. The van der Waals surface area contributed by atoms with E-state index in [1.807, 2.05) is 18.2 Å². The number of nitrogens with one attached hydrogen (secondary N) is 1. The smallest absolute Gasteiger partial charge is 0.333 e. The number of nitrogens with two attached hydrogens (primary N) is 1. The number of methoxy groups -OCH3 is 1. The molecule has 0 saturated carbocycles. The first-order chi connectivity index (χ1) is 10.1. The summed E-state index contributed by atoms with van der Waals surface area (Å²) < 4.78 is 4.80. The van der Waals surface area contributed by atoms with Crippen LogP contribution in [0.1, 0.15) is 22.1 Å². The van der Waals surface area contributed by atoms with Crippen LogP contribution in [0.5, 0.6) is 0 Å². The SMILES string of the molecule is COC(=O)C(Nc1cccc(C(N)=O)n1)c1ccccc1. The number of primary amides is 1. The lowest BCUT2D eigenvalue weighted by atomic mass is 10.1. The molecule has 0 saturated heterocycles. The van der Waals surface area contributed by atoms with E-state index in [9.17, 15) is 9.59 Å². The molecule has 0 aliphatic carbocycles. The highest BCUT2D eigenvalue weighted by Crippen LogP contribution is 2.19. The zero-order valence-electron chi connectivity index (χ0n) is 11.4. The van der Waals surface area contributed by atoms with Gasteiger partial charge in [-0.3, -0.25) is 4.79 Å². The lowest BCUT2D eigenvalue weighted by Crippen LogP contribution is -2.23. The van der Waals surface area contributed by atoms with Crippen molar-refractivity contribution in [2.45, 2.75) is 6.04 Å². The Labute approximate surface area is 121 Å². The third kappa shape index (κ3) is 3.56. The average molecular weight is 285 g/mol. The molecular formula is C15H15N3O3. The summed E-state index contributed by atoms with van der Waals surface area (Å²) >= 11 is 0. The van der Waals surface area contributed by atoms with Crippen LogP contribution in [0.15, 0.2) is 48.5 Å². The van der Waals surface area contributed by atoms with Crippen molar-refractivity contribution >= 4 is 17.7 Å². The number of pyridine rings is 1. The van der Waals surface area contributed by atoms with Crippen molar-refractivity contribution in [2.75, 3.05) is 12.4 Å². The van der Waals surface area contributed by atoms with Crippen LogP contribution in [0.3, 0.4) is 0 Å². The fourth-order valence-electron chi connectivity index (χ4n) is 1.84. The molecule has 0 spiro atoms. The minimum Gasteiger partial charge on any atom is -0.467 e. The lowest BCUT2D eigenvalue weighted by molar-refractivity contribution is -0.141. The number of carbonyl (C=O) groups excluding carboxylic acids is 2. The van der Waals surface area contributed by atoms with Crippen LogP contribution in [0.4, 0.5) is 5.82 Å². The molecule has 2 rings (SSSR count). The second kappa shape index (κ2) is 6.51. The van der Waals surface area contributed by atoms with Crippen LogP contribution < -0.4 is 11.1 Å². The van der Waals surface area contributed by atoms with Crippen LogP contribution in [-0.2, 0) is 9.53 Å². The maximum absolute atomic E-state index is 11.9. The van der Waals surface area contributed by atoms with Crippen molar-refractivity contribution in [3.8, 4) is 0 Å². The van der Waals surface area contributed by atoms with E-state index in [2.05, 4.69) is 10.3 Å². The molecule has 1 aromatic carbocycles. The third-order valence-electron chi connectivity index (χ3n) is 2.86. The molecule has 2 aromatic rings. The first kappa shape index (κ1) is 14.5. The summed E-state index contributed by atoms with van der Waals surface area (Å²) in [6.45, 7) is 0. The van der Waals surface area contributed by atoms with E-state index < -0.39 is 17.9 Å². The van der Waals surface area contributed by atoms with Crippen LogP contribution in [0.25, 0.3) is 0 Å². The van der Waals surface area contributed by atoms with E-state index in [4.69, 9.17) is 10.5 Å². The van der Waals surface area contributed by atoms with Crippen molar-refractivity contribution in [1.29, 1.82) is 0 Å². The maximum Gasteiger partial charge on any atom is 0.333 e. The summed E-state index contributed by atoms with van der Waals surface area (Å²) in [7, 11) is 1.31. The van der Waals surface area contributed by atoms with Crippen molar-refractivity contribution in [2.24, 2.45) is 5.73 Å². The molecule has 0 fully saturated rings. The number of ether oxygens (including phenoxy) is 1. The molecule has 0 aliphatic heterocycles. The predicted octanol–water partition coefficient (Wildman–Crippen LogP) is 1.51. The van der Waals surface area contributed by atoms with Gasteiger partial charge in [0.15, 0.2) is 6.04 Å². The first-order valence-corrected chi connectivity index (χ1v) is 6.28. The van der Waals surface area contributed by atoms with Gasteiger partial charge in [-0.15, -0.1) is 0 Å². The van der Waals surface area contributed by atoms with E-state index in [1.165, 1.54) is 13.2 Å². The monoisotopic (exact) mass is 285 g/mol. The lowest BCUT2D eigenvalue weighted by Gasteiger charge is -2.17. The Morgan fingerprint density at radius 2 is 1.86 bits per heavy atom. The summed E-state index contributed by atoms with van der Waals surface area (Å²) in [6.07, 6.45) is 0. The van der Waals surface area contributed by atoms with Gasteiger partial charge in [-0.1, -0.05) is 36.4 Å². The molecule has 1 unspecified atom stereocenters. The molecule has 1 atom stereocenters. The van der Waals surface area contributed by atoms with Crippen LogP contribution in [-0.4, -0.2) is 24.0 Å². The van der Waals surface area contributed by atoms with Crippen LogP contribution in [0.2, 0.25) is 0 Å². The molecule has 0 aliphatic rings. The summed E-state index contributed by atoms with van der Waals surface area (Å²) in [5.41, 5.74) is 6.04. The van der Waals surface area contributed by atoms with Gasteiger partial charge < -0.3 is 15.8 Å². The Bertz CT molecular complexity index is 644. The topological polar surface area (TPSA) is 94.3 Å². The van der Waals surface area contributed by atoms with Gasteiger partial charge in [0.1, 0.15) is 11.5 Å². The van der Waals surface area contributed by atoms with Gasteiger partial charge in [0.05, 0.1) is 7.11 Å². The zero-order valence-corrected chi connectivity index (χ0v) is 11.4. The molecule has 1 heterocycles. The Kier molecular flexibility index (Phi) is 4.50. The average Bonchev–Trinajstić information content (AvgIpc) is 2.53. The standard InChI is InChI=1S/C15H15N3O3/c1-21-15(20)13(10-6-3-2-4-7-10)18-12-9-5-8-11(17-12)14(16)19/h2-9,13H,1H3,(H2,16,19)(H,17,18). The molecule has 6 nitrogen and oxygen atoms in total. The quantitative estimate of drug-likeness (QED) is 0.812. The van der Waals surface area contributed by atoms with Gasteiger partial charge in [-0.25, -0.2) is 9.78 Å². The van der Waals surface area contributed by atoms with E-state index in [-0.39, 0.29) is 5.69 Å². The predicted molar refractivity (Wildman–Crippen MR) is 77.6 cm³/mol. The number of rotatable bonds is 5. The summed E-state index contributed by atoms with van der Waals surface area (Å²) in [4.78, 5) is 27.1. The van der Waals surface area contributed by atoms with Crippen molar-refractivity contribution < 1.29 is 14.3 Å². The number of hydrogen-bond donors (Lipinski definition) is 2. The van der Waals surface area contributed by atoms with Crippen molar-refractivity contribution in [3.63, 3.8) is 0 Å². The second-order valence-corrected chi connectivity index (χ2v) is 4.28. The van der Waals surface area contributed by atoms with Gasteiger partial charge in [0, 0.05) is 0 Å². The molecule has 1 aromatic heterocycles. The first-order valence-electron chi connectivity index (χ1n) is 6.28. The van der Waals surface area contributed by atoms with Gasteiger partial charge in [-0.2, -0.15) is 0 Å². The Balaban J connectivity index is 2.29. The fraction of sp³-hybridized carbons (Fsp3) is 0.133. The Hall–Kier alpha value is -2.89. The Morgan fingerprint density at radius 3 is 2.48 bits per heavy atom. The number of amides is 1. The minimum absolute atomic E-state index is 0.122. The molecule has 3 N–H and O–H groups in total. The highest BCUT2D eigenvalue weighted by molar-refractivity contribution is 5.91. The number of esters is 1. The van der Waals surface area contributed by atoms with E-state index in [1.54, 1.807) is 24.3 Å². The van der Waals surface area contributed by atoms with E-state index >= 15 is 0 Å². The van der Waals surface area contributed by atoms with Gasteiger partial charge in [0.2, 0.25) is 0 Å². The number of nitrogens with zero attached hydrogens (tertiary/aromatic N) is 1. The Morgan fingerprint density at radius 1 is 1.14 bits per heavy atom. The molecule has 21 heavy (non-hydrogen) atoms. The molecule has 6 heteroatoms. The summed E-state index contributed by atoms with van der Waals surface area (Å²) in [6, 6.07) is 13.2. The van der Waals surface area contributed by atoms with Crippen molar-refractivity contribution in [1.82, 2.24) is 4.98 Å². The molecule has 0 bridgehead atoms. The highest BCUT2D eigenvalue weighted by atomic mass is 16.5. The van der Waals surface area contributed by atoms with Crippen molar-refractivity contribution in [3.05, 3.63) is 59.8 Å². The second-order valence-electron chi connectivity index (χ2n) is 4.28. The number of aromatic nitrogens is 1. The molecule has 0 radical (unpaired) electrons. The maximum atomic E-state index is 11.9. The van der Waals surface area contributed by atoms with Crippen LogP contribution >= 0.6 is 0 Å².